The van der Waals surface area contributed by atoms with Crippen LogP contribution in [-0.4, -0.2) is 35.7 Å². The van der Waals surface area contributed by atoms with E-state index in [2.05, 4.69) is 80.3 Å². The number of nitrogen functional groups attached to an aromatic ring is 1. The Balaban J connectivity index is 2.01. The maximum atomic E-state index is 9.59. The van der Waals surface area contributed by atoms with Crippen molar-refractivity contribution in [2.24, 2.45) is 0 Å². The molecular formula is C31H42N2O. The minimum atomic E-state index is 0.184. The Hall–Kier alpha value is -2.62. The van der Waals surface area contributed by atoms with Crippen molar-refractivity contribution in [2.75, 3.05) is 25.4 Å². The largest absolute Gasteiger partial charge is 0.399 e. The topological polar surface area (TPSA) is 49.5 Å². The lowest BCUT2D eigenvalue weighted by atomic mass is 9.85. The lowest BCUT2D eigenvalue weighted by Gasteiger charge is -2.34. The predicted molar refractivity (Wildman–Crippen MR) is 147 cm³/mol. The third kappa shape index (κ3) is 6.71. The summed E-state index contributed by atoms with van der Waals surface area (Å²) in [4.78, 5) is 2.58. The van der Waals surface area contributed by atoms with Crippen LogP contribution in [0, 0.1) is 0 Å². The summed E-state index contributed by atoms with van der Waals surface area (Å²) >= 11 is 0. The fraction of sp³-hybridized carbons (Fsp3) is 0.419. The molecule has 1 aliphatic heterocycles. The number of rotatable bonds is 9. The summed E-state index contributed by atoms with van der Waals surface area (Å²) in [5, 5.41) is 9.59. The summed E-state index contributed by atoms with van der Waals surface area (Å²) in [5.41, 5.74) is 14.3. The Morgan fingerprint density at radius 1 is 1.03 bits per heavy atom. The molecule has 0 atom stereocenters. The molecule has 0 aromatic heterocycles. The number of aliphatic hydroxyl groups is 1. The van der Waals surface area contributed by atoms with Crippen molar-refractivity contribution < 1.29 is 5.11 Å². The van der Waals surface area contributed by atoms with E-state index < -0.39 is 0 Å². The van der Waals surface area contributed by atoms with Gasteiger partial charge in [0.1, 0.15) is 0 Å². The van der Waals surface area contributed by atoms with Gasteiger partial charge in [0.2, 0.25) is 0 Å². The standard InChI is InChI=1S/C31H42N2O/c1-5-6-8-24(4)30(9-7-22-34)31(28-14-16-29(32)17-15-28)27-12-10-25(11-13-27)26-18-20-33(21-19-26)23(2)3/h5-6,8,10-17,23,26,34H,7,9,18-22,32H2,1-4H3/b6-5-,24-8+,31-30+. The van der Waals surface area contributed by atoms with Crippen LogP contribution >= 0.6 is 0 Å². The number of anilines is 1. The number of nitrogens with zero attached hydrogens (tertiary/aromatic N) is 1. The van der Waals surface area contributed by atoms with Gasteiger partial charge in [-0.1, -0.05) is 54.6 Å². The summed E-state index contributed by atoms with van der Waals surface area (Å²) < 4.78 is 0. The number of benzene rings is 2. The van der Waals surface area contributed by atoms with Gasteiger partial charge in [-0.3, -0.25) is 0 Å². The quantitative estimate of drug-likeness (QED) is 0.316. The number of likely N-dealkylation sites (tertiary alicyclic amines) is 1. The highest BCUT2D eigenvalue weighted by atomic mass is 16.2. The summed E-state index contributed by atoms with van der Waals surface area (Å²) in [6.45, 7) is 11.3. The third-order valence-electron chi connectivity index (χ3n) is 7.03. The van der Waals surface area contributed by atoms with Gasteiger partial charge >= 0.3 is 0 Å². The SMILES string of the molecule is C\C=C/C=C(C)/C(CCCO)=C(/c1ccc(N)cc1)c1ccc(C2CCN(C(C)C)CC2)cc1. The van der Waals surface area contributed by atoms with Gasteiger partial charge in [0.25, 0.3) is 0 Å². The normalized spacial score (nSPS) is 16.9. The highest BCUT2D eigenvalue weighted by molar-refractivity contribution is 5.85. The predicted octanol–water partition coefficient (Wildman–Crippen LogP) is 6.95. The monoisotopic (exact) mass is 458 g/mol. The van der Waals surface area contributed by atoms with Gasteiger partial charge in [-0.2, -0.15) is 0 Å². The second-order valence-corrected chi connectivity index (χ2v) is 9.70. The van der Waals surface area contributed by atoms with Crippen molar-refractivity contribution in [1.29, 1.82) is 0 Å². The molecule has 3 nitrogen and oxygen atoms in total. The lowest BCUT2D eigenvalue weighted by Crippen LogP contribution is -2.37. The first kappa shape index (κ1) is 26.0. The lowest BCUT2D eigenvalue weighted by molar-refractivity contribution is 0.172. The molecule has 1 heterocycles. The summed E-state index contributed by atoms with van der Waals surface area (Å²) in [7, 11) is 0. The molecule has 34 heavy (non-hydrogen) atoms. The van der Waals surface area contributed by atoms with Crippen LogP contribution < -0.4 is 5.73 Å². The second kappa shape index (κ2) is 12.7. The molecule has 3 heteroatoms. The molecule has 1 fully saturated rings. The Kier molecular flexibility index (Phi) is 9.74. The van der Waals surface area contributed by atoms with Crippen LogP contribution in [-0.2, 0) is 0 Å². The van der Waals surface area contributed by atoms with Crippen molar-refractivity contribution in [3.63, 3.8) is 0 Å². The third-order valence-corrected chi connectivity index (χ3v) is 7.03. The van der Waals surface area contributed by atoms with E-state index in [0.29, 0.717) is 12.0 Å². The summed E-state index contributed by atoms with van der Waals surface area (Å²) in [5.74, 6) is 0.637. The van der Waals surface area contributed by atoms with E-state index in [1.165, 1.54) is 53.8 Å². The zero-order valence-corrected chi connectivity index (χ0v) is 21.4. The maximum absolute atomic E-state index is 9.59. The molecule has 3 N–H and O–H groups in total. The molecule has 1 aliphatic rings. The highest BCUT2D eigenvalue weighted by Crippen LogP contribution is 2.35. The molecule has 0 radical (unpaired) electrons. The molecule has 0 amide bonds. The minimum absolute atomic E-state index is 0.184. The number of hydrogen-bond acceptors (Lipinski definition) is 3. The zero-order chi connectivity index (χ0) is 24.5. The van der Waals surface area contributed by atoms with Gasteiger partial charge in [0.05, 0.1) is 0 Å². The van der Waals surface area contributed by atoms with Gasteiger partial charge in [-0.05, 0) is 118 Å². The van der Waals surface area contributed by atoms with E-state index in [-0.39, 0.29) is 6.61 Å². The number of piperidine rings is 1. The molecule has 0 bridgehead atoms. The van der Waals surface area contributed by atoms with E-state index in [0.717, 1.165) is 24.1 Å². The Bertz CT molecular complexity index is 989. The molecule has 0 spiro atoms. The van der Waals surface area contributed by atoms with Crippen LogP contribution in [0.25, 0.3) is 5.57 Å². The summed E-state index contributed by atoms with van der Waals surface area (Å²) in [6.07, 6.45) is 10.3. The average Bonchev–Trinajstić information content (AvgIpc) is 2.86. The molecule has 2 aromatic rings. The zero-order valence-electron chi connectivity index (χ0n) is 21.4. The Morgan fingerprint density at radius 2 is 1.62 bits per heavy atom. The molecular weight excluding hydrogens is 416 g/mol. The van der Waals surface area contributed by atoms with Crippen LogP contribution in [0.2, 0.25) is 0 Å². The first-order chi connectivity index (χ1) is 16.4. The van der Waals surface area contributed by atoms with Crippen LogP contribution in [0.1, 0.15) is 76.0 Å². The van der Waals surface area contributed by atoms with Crippen LogP contribution in [0.5, 0.6) is 0 Å². The average molecular weight is 459 g/mol. The Labute approximate surface area is 206 Å². The first-order valence-corrected chi connectivity index (χ1v) is 12.8. The molecule has 0 aliphatic carbocycles. The van der Waals surface area contributed by atoms with Gasteiger partial charge in [-0.25, -0.2) is 0 Å². The molecule has 0 unspecified atom stereocenters. The number of aliphatic hydroxyl groups excluding tert-OH is 1. The second-order valence-electron chi connectivity index (χ2n) is 9.70. The van der Waals surface area contributed by atoms with E-state index in [4.69, 9.17) is 5.73 Å². The fourth-order valence-electron chi connectivity index (χ4n) is 4.95. The van der Waals surface area contributed by atoms with E-state index in [1.807, 2.05) is 19.1 Å². The van der Waals surface area contributed by atoms with Crippen molar-refractivity contribution in [2.45, 2.75) is 65.3 Å². The van der Waals surface area contributed by atoms with Gasteiger partial charge in [0.15, 0.2) is 0 Å². The van der Waals surface area contributed by atoms with Crippen molar-refractivity contribution in [1.82, 2.24) is 4.90 Å². The van der Waals surface area contributed by atoms with Crippen molar-refractivity contribution >= 4 is 11.3 Å². The van der Waals surface area contributed by atoms with E-state index in [9.17, 15) is 5.11 Å². The van der Waals surface area contributed by atoms with E-state index in [1.54, 1.807) is 0 Å². The summed E-state index contributed by atoms with van der Waals surface area (Å²) in [6, 6.07) is 18.0. The number of hydrogen-bond donors (Lipinski definition) is 2. The van der Waals surface area contributed by atoms with Crippen LogP contribution in [0.15, 0.2) is 77.9 Å². The highest BCUT2D eigenvalue weighted by Gasteiger charge is 2.22. The van der Waals surface area contributed by atoms with Gasteiger partial charge in [-0.15, -0.1) is 0 Å². The molecule has 1 saturated heterocycles. The molecule has 3 rings (SSSR count). The smallest absolute Gasteiger partial charge is 0.0434 e. The first-order valence-electron chi connectivity index (χ1n) is 12.8. The maximum Gasteiger partial charge on any atom is 0.0434 e. The van der Waals surface area contributed by atoms with Crippen LogP contribution in [0.4, 0.5) is 5.69 Å². The van der Waals surface area contributed by atoms with Gasteiger partial charge in [0, 0.05) is 18.3 Å². The minimum Gasteiger partial charge on any atom is -0.399 e. The molecule has 2 aromatic carbocycles. The fourth-order valence-corrected chi connectivity index (χ4v) is 4.95. The number of allylic oxidation sites excluding steroid dienone is 5. The molecule has 0 saturated carbocycles. The van der Waals surface area contributed by atoms with E-state index >= 15 is 0 Å². The van der Waals surface area contributed by atoms with Crippen molar-refractivity contribution in [3.05, 3.63) is 94.6 Å². The number of nitrogens with two attached hydrogens (primary N) is 1. The van der Waals surface area contributed by atoms with Gasteiger partial charge < -0.3 is 15.7 Å². The Morgan fingerprint density at radius 3 is 2.15 bits per heavy atom. The van der Waals surface area contributed by atoms with Crippen LogP contribution in [0.3, 0.4) is 0 Å². The molecule has 182 valence electrons. The van der Waals surface area contributed by atoms with Crippen molar-refractivity contribution in [3.8, 4) is 0 Å².